The van der Waals surface area contributed by atoms with Gasteiger partial charge < -0.3 is 5.32 Å². The molecule has 0 radical (unpaired) electrons. The van der Waals surface area contributed by atoms with E-state index < -0.39 is 17.7 Å². The smallest absolute Gasteiger partial charge is 0.251 e. The lowest BCUT2D eigenvalue weighted by atomic mass is 10.1. The van der Waals surface area contributed by atoms with Gasteiger partial charge in [-0.2, -0.15) is 0 Å². The average Bonchev–Trinajstić information content (AvgIpc) is 2.69. The van der Waals surface area contributed by atoms with Gasteiger partial charge in [-0.05, 0) is 54.2 Å². The zero-order chi connectivity index (χ0) is 19.7. The van der Waals surface area contributed by atoms with Crippen molar-refractivity contribution in [3.05, 3.63) is 72.3 Å². The predicted molar refractivity (Wildman–Crippen MR) is 115 cm³/mol. The highest BCUT2D eigenvalue weighted by atomic mass is 32.1. The summed E-state index contributed by atoms with van der Waals surface area (Å²) in [5.74, 6) is -1.93. The average molecular weight is 387 g/mol. The molecule has 1 aliphatic heterocycles. The van der Waals surface area contributed by atoms with Gasteiger partial charge in [-0.25, -0.2) is 0 Å². The number of carbonyl (C=O) groups is 2. The van der Waals surface area contributed by atoms with Gasteiger partial charge >= 0.3 is 0 Å². The molecule has 0 bridgehead atoms. The Bertz CT molecular complexity index is 1120. The topological polar surface area (TPSA) is 61.8 Å². The summed E-state index contributed by atoms with van der Waals surface area (Å²) in [6.07, 6.45) is 1.38. The van der Waals surface area contributed by atoms with Crippen LogP contribution in [0.3, 0.4) is 0 Å². The second-order valence-electron chi connectivity index (χ2n) is 6.59. The highest BCUT2D eigenvalue weighted by Crippen LogP contribution is 2.23. The Morgan fingerprint density at radius 2 is 1.71 bits per heavy atom. The lowest BCUT2D eigenvalue weighted by Gasteiger charge is -2.30. The van der Waals surface area contributed by atoms with Crippen LogP contribution in [0.1, 0.15) is 5.56 Å². The van der Waals surface area contributed by atoms with Crippen molar-refractivity contribution in [3.63, 3.8) is 0 Å². The summed E-state index contributed by atoms with van der Waals surface area (Å²) >= 11 is 5.21. The summed E-state index contributed by atoms with van der Waals surface area (Å²) in [7, 11) is 0. The highest BCUT2D eigenvalue weighted by Gasteiger charge is 2.38. The van der Waals surface area contributed by atoms with Gasteiger partial charge in [-0.15, -0.1) is 0 Å². The quantitative estimate of drug-likeness (QED) is 0.421. The van der Waals surface area contributed by atoms with Crippen LogP contribution in [0.4, 0.5) is 11.4 Å². The molecule has 1 aliphatic rings. The minimum Gasteiger partial charge on any atom is -0.301 e. The van der Waals surface area contributed by atoms with E-state index in [0.29, 0.717) is 11.4 Å². The largest absolute Gasteiger partial charge is 0.301 e. The van der Waals surface area contributed by atoms with Crippen LogP contribution in [-0.4, -0.2) is 23.1 Å². The van der Waals surface area contributed by atoms with Crippen LogP contribution < -0.4 is 10.2 Å². The molecule has 28 heavy (non-hydrogen) atoms. The van der Waals surface area contributed by atoms with E-state index in [2.05, 4.69) is 10.3 Å². The molecule has 138 valence electrons. The van der Waals surface area contributed by atoms with Crippen molar-refractivity contribution in [1.82, 2.24) is 5.32 Å². The van der Waals surface area contributed by atoms with Gasteiger partial charge in [0.25, 0.3) is 5.91 Å². The van der Waals surface area contributed by atoms with Crippen LogP contribution >= 0.6 is 12.2 Å². The first kappa shape index (κ1) is 18.0. The van der Waals surface area contributed by atoms with Gasteiger partial charge in [-0.3, -0.25) is 19.5 Å². The van der Waals surface area contributed by atoms with Gasteiger partial charge in [0.2, 0.25) is 5.91 Å². The molecule has 1 fully saturated rings. The number of hydrogen-bond donors (Lipinski definition) is 1. The van der Waals surface area contributed by atoms with E-state index in [1.807, 2.05) is 61.5 Å². The Morgan fingerprint density at radius 3 is 2.46 bits per heavy atom. The van der Waals surface area contributed by atoms with E-state index in [9.17, 15) is 9.59 Å². The number of anilines is 1. The number of fused-ring (bicyclic) bond motifs is 1. The third-order valence-corrected chi connectivity index (χ3v) is 4.88. The first-order valence-electron chi connectivity index (χ1n) is 8.81. The number of nitrogens with zero attached hydrogens (tertiary/aromatic N) is 2. The van der Waals surface area contributed by atoms with Crippen LogP contribution in [0.25, 0.3) is 10.8 Å². The molecule has 0 spiro atoms. The fourth-order valence-electron chi connectivity index (χ4n) is 3.08. The molecule has 1 atom stereocenters. The number of aliphatic imine (C=N–C) groups is 1. The highest BCUT2D eigenvalue weighted by molar-refractivity contribution is 7.80. The SMILES string of the molecule is Cc1ccc(N2C(=O)C(C=Nc3ccc4ccccc4c3)C(=O)NC2=S)cc1. The van der Waals surface area contributed by atoms with Gasteiger partial charge in [-0.1, -0.05) is 48.0 Å². The molecular weight excluding hydrogens is 370 g/mol. The second-order valence-corrected chi connectivity index (χ2v) is 6.98. The minimum atomic E-state index is -1.04. The summed E-state index contributed by atoms with van der Waals surface area (Å²) in [6, 6.07) is 21.0. The van der Waals surface area contributed by atoms with Gasteiger partial charge in [0, 0.05) is 6.21 Å². The molecule has 1 N–H and O–H groups in total. The molecule has 1 saturated heterocycles. The van der Waals surface area contributed by atoms with Crippen molar-refractivity contribution >= 4 is 57.5 Å². The van der Waals surface area contributed by atoms with E-state index in [1.54, 1.807) is 12.1 Å². The molecule has 2 amide bonds. The van der Waals surface area contributed by atoms with Crippen LogP contribution in [0, 0.1) is 12.8 Å². The lowest BCUT2D eigenvalue weighted by molar-refractivity contribution is -0.130. The number of carbonyl (C=O) groups excluding carboxylic acids is 2. The third-order valence-electron chi connectivity index (χ3n) is 4.60. The molecule has 5 nitrogen and oxygen atoms in total. The van der Waals surface area contributed by atoms with Crippen molar-refractivity contribution in [2.45, 2.75) is 6.92 Å². The van der Waals surface area contributed by atoms with E-state index in [-0.39, 0.29) is 5.11 Å². The first-order chi connectivity index (χ1) is 13.5. The maximum atomic E-state index is 13.0. The number of benzene rings is 3. The molecule has 1 unspecified atom stereocenters. The van der Waals surface area contributed by atoms with Crippen molar-refractivity contribution in [3.8, 4) is 0 Å². The van der Waals surface area contributed by atoms with Crippen molar-refractivity contribution < 1.29 is 9.59 Å². The monoisotopic (exact) mass is 387 g/mol. The van der Waals surface area contributed by atoms with Crippen molar-refractivity contribution in [1.29, 1.82) is 0 Å². The van der Waals surface area contributed by atoms with Gasteiger partial charge in [0.1, 0.15) is 0 Å². The summed E-state index contributed by atoms with van der Waals surface area (Å²) in [6.45, 7) is 1.96. The van der Waals surface area contributed by atoms with Crippen LogP contribution in [0.2, 0.25) is 0 Å². The number of nitrogens with one attached hydrogen (secondary N) is 1. The minimum absolute atomic E-state index is 0.0780. The van der Waals surface area contributed by atoms with E-state index >= 15 is 0 Å². The molecule has 4 rings (SSSR count). The lowest BCUT2D eigenvalue weighted by Crippen LogP contribution is -2.58. The standard InChI is InChI=1S/C22H17N3O2S/c1-14-6-10-18(11-7-14)25-21(27)19(20(26)24-22(25)28)13-23-17-9-8-15-4-2-3-5-16(15)12-17/h2-13,19H,1H3,(H,24,26,28). The molecule has 0 saturated carbocycles. The molecule has 1 heterocycles. The van der Waals surface area contributed by atoms with Crippen LogP contribution in [0.15, 0.2) is 71.7 Å². The van der Waals surface area contributed by atoms with E-state index in [1.165, 1.54) is 11.1 Å². The zero-order valence-electron chi connectivity index (χ0n) is 15.1. The summed E-state index contributed by atoms with van der Waals surface area (Å²) in [5.41, 5.74) is 2.36. The Kier molecular flexibility index (Phi) is 4.71. The van der Waals surface area contributed by atoms with Gasteiger partial charge in [0.15, 0.2) is 11.0 Å². The van der Waals surface area contributed by atoms with Gasteiger partial charge in [0.05, 0.1) is 11.4 Å². The van der Waals surface area contributed by atoms with Crippen molar-refractivity contribution in [2.75, 3.05) is 4.90 Å². The number of hydrogen-bond acceptors (Lipinski definition) is 4. The molecule has 3 aromatic rings. The third kappa shape index (κ3) is 3.42. The number of thiocarbonyl (C=S) groups is 1. The normalized spacial score (nSPS) is 17.4. The fraction of sp³-hybridized carbons (Fsp3) is 0.0909. The summed E-state index contributed by atoms with van der Waals surface area (Å²) < 4.78 is 0. The van der Waals surface area contributed by atoms with Crippen LogP contribution in [-0.2, 0) is 9.59 Å². The second kappa shape index (κ2) is 7.32. The van der Waals surface area contributed by atoms with Crippen LogP contribution in [0.5, 0.6) is 0 Å². The maximum Gasteiger partial charge on any atom is 0.251 e. The Labute approximate surface area is 167 Å². The van der Waals surface area contributed by atoms with Crippen molar-refractivity contribution in [2.24, 2.45) is 10.9 Å². The zero-order valence-corrected chi connectivity index (χ0v) is 15.9. The number of aryl methyl sites for hydroxylation is 1. The first-order valence-corrected chi connectivity index (χ1v) is 9.22. The summed E-state index contributed by atoms with van der Waals surface area (Å²) in [5, 5.41) is 4.81. The fourth-order valence-corrected chi connectivity index (χ4v) is 3.37. The molecule has 3 aromatic carbocycles. The maximum absolute atomic E-state index is 13.0. The number of amides is 2. The molecule has 0 aromatic heterocycles. The van der Waals surface area contributed by atoms with E-state index in [4.69, 9.17) is 12.2 Å². The Balaban J connectivity index is 1.62. The molecule has 6 heteroatoms. The number of rotatable bonds is 3. The predicted octanol–water partition coefficient (Wildman–Crippen LogP) is 3.91. The Morgan fingerprint density at radius 1 is 1.00 bits per heavy atom. The van der Waals surface area contributed by atoms with E-state index in [0.717, 1.165) is 16.3 Å². The summed E-state index contributed by atoms with van der Waals surface area (Å²) in [4.78, 5) is 31.0. The Hall–Kier alpha value is -3.38. The molecular formula is C22H17N3O2S. The molecule has 0 aliphatic carbocycles.